The Kier molecular flexibility index (Phi) is 3.92. The summed E-state index contributed by atoms with van der Waals surface area (Å²) < 4.78 is 28.0. The van der Waals surface area contributed by atoms with Crippen LogP contribution in [0.5, 0.6) is 0 Å². The van der Waals surface area contributed by atoms with Gasteiger partial charge in [0.05, 0.1) is 17.5 Å². The van der Waals surface area contributed by atoms with Gasteiger partial charge in [0.1, 0.15) is 11.2 Å². The van der Waals surface area contributed by atoms with Gasteiger partial charge in [-0.05, 0) is 44.7 Å². The molecular weight excluding hydrogens is 340 g/mol. The van der Waals surface area contributed by atoms with E-state index in [1.165, 1.54) is 7.05 Å². The Morgan fingerprint density at radius 2 is 2.12 bits per heavy atom. The van der Waals surface area contributed by atoms with E-state index in [9.17, 15) is 8.42 Å². The maximum atomic E-state index is 11.8. The summed E-state index contributed by atoms with van der Waals surface area (Å²) in [6.45, 7) is 0. The molecule has 8 nitrogen and oxygen atoms in total. The zero-order valence-electron chi connectivity index (χ0n) is 14.1. The molecule has 3 heterocycles. The van der Waals surface area contributed by atoms with E-state index in [2.05, 4.69) is 24.2 Å². The number of nitrogens with two attached hydrogens (primary N) is 1. The van der Waals surface area contributed by atoms with E-state index in [1.807, 2.05) is 12.3 Å². The van der Waals surface area contributed by atoms with Gasteiger partial charge in [-0.3, -0.25) is 0 Å². The number of hydrogen-bond donors (Lipinski definition) is 3. The minimum absolute atomic E-state index is 0.193. The number of anilines is 1. The fourth-order valence-corrected chi connectivity index (χ4v) is 5.06. The number of nitrogens with one attached hydrogen (secondary N) is 2. The highest BCUT2D eigenvalue weighted by Gasteiger charge is 2.28. The predicted octanol–water partition coefficient (Wildman–Crippen LogP) is 1.78. The Bertz CT molecular complexity index is 1010. The van der Waals surface area contributed by atoms with Gasteiger partial charge in [-0.15, -0.1) is 0 Å². The molecule has 3 aromatic heterocycles. The molecular formula is C16H22N6O2S. The molecule has 0 aromatic carbocycles. The molecule has 0 saturated heterocycles. The SMILES string of the molecule is CNS(=O)(=O)C[C@H]1CC[C@H](n2c(N)nc3cnc4[nH]ccc4c32)CC1. The summed E-state index contributed by atoms with van der Waals surface area (Å²) in [7, 11) is -1.69. The molecule has 0 amide bonds. The lowest BCUT2D eigenvalue weighted by Gasteiger charge is -2.30. The third kappa shape index (κ3) is 2.87. The zero-order chi connectivity index (χ0) is 17.6. The number of H-pyrrole nitrogens is 1. The van der Waals surface area contributed by atoms with Crippen LogP contribution in [-0.2, 0) is 10.0 Å². The van der Waals surface area contributed by atoms with E-state index in [4.69, 9.17) is 5.73 Å². The topological polar surface area (TPSA) is 119 Å². The molecule has 4 N–H and O–H groups in total. The number of nitrogen functional groups attached to an aromatic ring is 1. The maximum absolute atomic E-state index is 11.8. The molecule has 0 aliphatic heterocycles. The van der Waals surface area contributed by atoms with Crippen molar-refractivity contribution in [3.05, 3.63) is 18.5 Å². The summed E-state index contributed by atoms with van der Waals surface area (Å²) in [6.07, 6.45) is 7.13. The summed E-state index contributed by atoms with van der Waals surface area (Å²) >= 11 is 0. The van der Waals surface area contributed by atoms with Gasteiger partial charge in [0.2, 0.25) is 16.0 Å². The number of sulfonamides is 1. The van der Waals surface area contributed by atoms with Crippen LogP contribution >= 0.6 is 0 Å². The number of pyridine rings is 1. The van der Waals surface area contributed by atoms with Crippen LogP contribution in [0.4, 0.5) is 5.95 Å². The third-order valence-electron chi connectivity index (χ3n) is 5.21. The molecule has 134 valence electrons. The molecule has 1 aliphatic rings. The molecule has 25 heavy (non-hydrogen) atoms. The van der Waals surface area contributed by atoms with Gasteiger partial charge in [-0.1, -0.05) is 0 Å². The van der Waals surface area contributed by atoms with Crippen molar-refractivity contribution in [2.24, 2.45) is 5.92 Å². The van der Waals surface area contributed by atoms with E-state index < -0.39 is 10.0 Å². The van der Waals surface area contributed by atoms with Gasteiger partial charge >= 0.3 is 0 Å². The summed E-state index contributed by atoms with van der Waals surface area (Å²) in [5, 5.41) is 1.02. The largest absolute Gasteiger partial charge is 0.369 e. The molecule has 9 heteroatoms. The lowest BCUT2D eigenvalue weighted by molar-refractivity contribution is 0.296. The Morgan fingerprint density at radius 3 is 2.84 bits per heavy atom. The summed E-state index contributed by atoms with van der Waals surface area (Å²) in [4.78, 5) is 12.0. The van der Waals surface area contributed by atoms with E-state index >= 15 is 0 Å². The second-order valence-corrected chi connectivity index (χ2v) is 8.70. The average Bonchev–Trinajstić information content (AvgIpc) is 3.18. The third-order valence-corrected chi connectivity index (χ3v) is 6.74. The van der Waals surface area contributed by atoms with Gasteiger partial charge in [0.15, 0.2) is 0 Å². The second kappa shape index (κ2) is 5.99. The van der Waals surface area contributed by atoms with Crippen molar-refractivity contribution in [2.75, 3.05) is 18.5 Å². The van der Waals surface area contributed by atoms with Crippen molar-refractivity contribution in [2.45, 2.75) is 31.7 Å². The maximum Gasteiger partial charge on any atom is 0.211 e. The number of nitrogens with zero attached hydrogens (tertiary/aromatic N) is 3. The summed E-state index contributed by atoms with van der Waals surface area (Å²) in [6, 6.07) is 2.23. The van der Waals surface area contributed by atoms with Crippen molar-refractivity contribution in [1.29, 1.82) is 0 Å². The minimum atomic E-state index is -3.16. The number of imidazole rings is 1. The predicted molar refractivity (Wildman–Crippen MR) is 97.6 cm³/mol. The Labute approximate surface area is 145 Å². The smallest absolute Gasteiger partial charge is 0.211 e. The van der Waals surface area contributed by atoms with E-state index in [1.54, 1.807) is 6.20 Å². The monoisotopic (exact) mass is 362 g/mol. The van der Waals surface area contributed by atoms with Gasteiger partial charge in [0, 0.05) is 17.6 Å². The van der Waals surface area contributed by atoms with Gasteiger partial charge in [0.25, 0.3) is 0 Å². The number of hydrogen-bond acceptors (Lipinski definition) is 5. The molecule has 1 fully saturated rings. The first-order valence-corrected chi connectivity index (χ1v) is 10.1. The van der Waals surface area contributed by atoms with Crippen LogP contribution in [0.2, 0.25) is 0 Å². The Morgan fingerprint density at radius 1 is 1.36 bits per heavy atom. The first kappa shape index (κ1) is 16.3. The van der Waals surface area contributed by atoms with Crippen molar-refractivity contribution < 1.29 is 8.42 Å². The molecule has 0 unspecified atom stereocenters. The quantitative estimate of drug-likeness (QED) is 0.653. The second-order valence-electron chi connectivity index (χ2n) is 6.73. The van der Waals surface area contributed by atoms with Crippen LogP contribution in [-0.4, -0.2) is 40.7 Å². The zero-order valence-corrected chi connectivity index (χ0v) is 14.9. The molecule has 1 aliphatic carbocycles. The lowest BCUT2D eigenvalue weighted by atomic mass is 9.87. The van der Waals surface area contributed by atoms with E-state index in [-0.39, 0.29) is 17.7 Å². The van der Waals surface area contributed by atoms with Crippen LogP contribution in [0.1, 0.15) is 31.7 Å². The van der Waals surface area contributed by atoms with E-state index in [0.717, 1.165) is 47.8 Å². The normalized spacial score (nSPS) is 22.0. The first-order chi connectivity index (χ1) is 12.0. The van der Waals surface area contributed by atoms with Crippen LogP contribution in [0.25, 0.3) is 22.1 Å². The first-order valence-electron chi connectivity index (χ1n) is 8.49. The van der Waals surface area contributed by atoms with Crippen LogP contribution in [0.15, 0.2) is 18.5 Å². The molecule has 3 aromatic rings. The average molecular weight is 362 g/mol. The fraction of sp³-hybridized carbons (Fsp3) is 0.500. The van der Waals surface area contributed by atoms with Crippen molar-refractivity contribution in [3.63, 3.8) is 0 Å². The molecule has 0 radical (unpaired) electrons. The molecule has 1 saturated carbocycles. The fourth-order valence-electron chi connectivity index (χ4n) is 3.94. The standard InChI is InChI=1S/C16H22N6O2S/c1-18-25(23,24)9-10-2-4-11(5-3-10)22-14-12-6-7-19-15(12)20-8-13(14)21-16(22)17/h6-8,10-11,18H,2-5,9H2,1H3,(H2,17,21)(H,19,20)/t10-,11-. The van der Waals surface area contributed by atoms with Gasteiger partial charge < -0.3 is 15.3 Å². The van der Waals surface area contributed by atoms with Crippen LogP contribution in [0.3, 0.4) is 0 Å². The highest BCUT2D eigenvalue weighted by molar-refractivity contribution is 7.89. The van der Waals surface area contributed by atoms with E-state index in [0.29, 0.717) is 5.95 Å². The van der Waals surface area contributed by atoms with Crippen molar-refractivity contribution >= 4 is 38.0 Å². The number of aromatic amines is 1. The molecule has 0 spiro atoms. The summed E-state index contributed by atoms with van der Waals surface area (Å²) in [5.41, 5.74) is 8.84. The molecule has 0 atom stereocenters. The molecule has 4 rings (SSSR count). The number of fused-ring (bicyclic) bond motifs is 3. The van der Waals surface area contributed by atoms with Crippen LogP contribution in [0, 0.1) is 5.92 Å². The minimum Gasteiger partial charge on any atom is -0.369 e. The van der Waals surface area contributed by atoms with Crippen molar-refractivity contribution in [1.82, 2.24) is 24.2 Å². The number of aromatic nitrogens is 4. The number of rotatable bonds is 4. The highest BCUT2D eigenvalue weighted by atomic mass is 32.2. The molecule has 0 bridgehead atoms. The van der Waals surface area contributed by atoms with Crippen molar-refractivity contribution in [3.8, 4) is 0 Å². The Balaban J connectivity index is 1.63. The lowest BCUT2D eigenvalue weighted by Crippen LogP contribution is -2.29. The van der Waals surface area contributed by atoms with Crippen LogP contribution < -0.4 is 10.5 Å². The van der Waals surface area contributed by atoms with Gasteiger partial charge in [-0.25, -0.2) is 23.1 Å². The Hall–Kier alpha value is -2.13. The summed E-state index contributed by atoms with van der Waals surface area (Å²) in [5.74, 6) is 0.887. The van der Waals surface area contributed by atoms with Gasteiger partial charge in [-0.2, -0.15) is 0 Å². The highest BCUT2D eigenvalue weighted by Crippen LogP contribution is 2.37.